The first-order valence-corrected chi connectivity index (χ1v) is 15.2. The molecule has 12 heteroatoms. The number of pyridine rings is 3. The van der Waals surface area contributed by atoms with Gasteiger partial charge in [0.05, 0.1) is 43.2 Å². The van der Waals surface area contributed by atoms with Gasteiger partial charge in [-0.1, -0.05) is 0 Å². The van der Waals surface area contributed by atoms with Crippen molar-refractivity contribution in [1.82, 2.24) is 25.2 Å². The van der Waals surface area contributed by atoms with E-state index in [0.717, 1.165) is 55.1 Å². The lowest BCUT2D eigenvalue weighted by Gasteiger charge is -2.31. The Balaban J connectivity index is 1.11. The van der Waals surface area contributed by atoms with Gasteiger partial charge in [0.2, 0.25) is 5.91 Å². The second kappa shape index (κ2) is 15.0. The molecule has 3 heterocycles. The molecule has 0 aromatic carbocycles. The van der Waals surface area contributed by atoms with Crippen molar-refractivity contribution in [3.05, 3.63) is 48.4 Å². The minimum absolute atomic E-state index is 0.0153. The number of likely N-dealkylation sites (N-methyl/N-ethyl adjacent to an activating group) is 1. The van der Waals surface area contributed by atoms with Gasteiger partial charge in [0, 0.05) is 68.2 Å². The van der Waals surface area contributed by atoms with Crippen LogP contribution in [0.2, 0.25) is 0 Å². The Morgan fingerprint density at radius 2 is 1.72 bits per heavy atom. The zero-order chi connectivity index (χ0) is 30.0. The number of hydrogen-bond donors (Lipinski definition) is 4. The Bertz CT molecular complexity index is 1380. The molecule has 230 valence electrons. The van der Waals surface area contributed by atoms with Gasteiger partial charge >= 0.3 is 0 Å². The fraction of sp³-hybridized carbons (Fsp3) is 0.516. The lowest BCUT2D eigenvalue weighted by molar-refractivity contribution is -0.136. The molecule has 0 bridgehead atoms. The van der Waals surface area contributed by atoms with Gasteiger partial charge in [-0.05, 0) is 56.7 Å². The second-order valence-corrected chi connectivity index (χ2v) is 11.2. The molecule has 3 aromatic heterocycles. The number of nitrogens with one attached hydrogen (secondary N) is 3. The predicted octanol–water partition coefficient (Wildman–Crippen LogP) is 3.08. The highest BCUT2D eigenvalue weighted by atomic mass is 16.5. The predicted molar refractivity (Wildman–Crippen MR) is 165 cm³/mol. The third-order valence-electron chi connectivity index (χ3n) is 7.82. The van der Waals surface area contributed by atoms with Crippen molar-refractivity contribution < 1.29 is 19.1 Å². The minimum atomic E-state index is -0.155. The van der Waals surface area contributed by atoms with E-state index in [4.69, 9.17) is 15.2 Å². The van der Waals surface area contributed by atoms with E-state index in [9.17, 15) is 9.59 Å². The van der Waals surface area contributed by atoms with Crippen LogP contribution in [0.3, 0.4) is 0 Å². The summed E-state index contributed by atoms with van der Waals surface area (Å²) in [5.41, 5.74) is 7.50. The van der Waals surface area contributed by atoms with Gasteiger partial charge in [0.1, 0.15) is 11.6 Å². The summed E-state index contributed by atoms with van der Waals surface area (Å²) < 4.78 is 10.8. The largest absolute Gasteiger partial charge is 0.382 e. The number of carbonyl (C=O) groups excluding carboxylic acids is 2. The summed E-state index contributed by atoms with van der Waals surface area (Å²) in [6.07, 6.45) is 10.3. The van der Waals surface area contributed by atoms with Crippen LogP contribution in [0.5, 0.6) is 0 Å². The van der Waals surface area contributed by atoms with Crippen molar-refractivity contribution >= 4 is 40.0 Å². The number of nitrogens with two attached hydrogens (primary N) is 1. The molecule has 2 amide bonds. The molecule has 0 spiro atoms. The standard InChI is InChI=1S/C31H42N8O4/c1-39(13-15-43-17-16-42-14-11-32)31(41)21-2-5-24(6-3-21)36-30(40)25-20-34-29(18-27(25)35-23-7-8-23)38-28-9-4-22-19-33-12-10-26(22)37-28/h4,9-10,12,18-21,23-24H,2-3,5-8,11,13-17,32H2,1H3,(H,36,40)(H2,34,35,37,38)/t21-,24-. The molecule has 0 radical (unpaired) electrons. The highest BCUT2D eigenvalue weighted by Crippen LogP contribution is 2.30. The average molecular weight is 591 g/mol. The quantitative estimate of drug-likeness (QED) is 0.194. The molecule has 2 fully saturated rings. The Morgan fingerprint density at radius 3 is 2.49 bits per heavy atom. The molecule has 5 N–H and O–H groups in total. The van der Waals surface area contributed by atoms with Gasteiger partial charge < -0.3 is 36.1 Å². The van der Waals surface area contributed by atoms with Crippen molar-refractivity contribution in [3.8, 4) is 0 Å². The van der Waals surface area contributed by atoms with E-state index in [1.165, 1.54) is 0 Å². The van der Waals surface area contributed by atoms with Crippen LogP contribution in [0.1, 0.15) is 48.9 Å². The SMILES string of the molecule is CN(CCOCCOCCN)C(=O)[C@H]1CC[C@H](NC(=O)c2cnc(Nc3ccc4cnccc4n3)cc2NC2CC2)CC1. The monoisotopic (exact) mass is 590 g/mol. The van der Waals surface area contributed by atoms with Crippen molar-refractivity contribution in [2.45, 2.75) is 50.6 Å². The van der Waals surface area contributed by atoms with Crippen LogP contribution in [0.4, 0.5) is 17.3 Å². The fourth-order valence-corrected chi connectivity index (χ4v) is 5.21. The van der Waals surface area contributed by atoms with Gasteiger partial charge in [-0.25, -0.2) is 9.97 Å². The summed E-state index contributed by atoms with van der Waals surface area (Å²) in [4.78, 5) is 41.4. The summed E-state index contributed by atoms with van der Waals surface area (Å²) in [7, 11) is 1.82. The van der Waals surface area contributed by atoms with Gasteiger partial charge in [-0.2, -0.15) is 0 Å². The first kappa shape index (κ1) is 30.6. The third kappa shape index (κ3) is 8.82. The maximum atomic E-state index is 13.4. The molecule has 0 unspecified atom stereocenters. The number of ether oxygens (including phenoxy) is 2. The molecular weight excluding hydrogens is 548 g/mol. The highest BCUT2D eigenvalue weighted by molar-refractivity contribution is 6.00. The van der Waals surface area contributed by atoms with Gasteiger partial charge in [0.25, 0.3) is 5.91 Å². The summed E-state index contributed by atoms with van der Waals surface area (Å²) in [6.45, 7) is 3.01. The molecule has 2 aliphatic carbocycles. The van der Waals surface area contributed by atoms with Gasteiger partial charge in [-0.3, -0.25) is 14.6 Å². The fourth-order valence-electron chi connectivity index (χ4n) is 5.21. The molecule has 43 heavy (non-hydrogen) atoms. The van der Waals surface area contributed by atoms with Crippen molar-refractivity contribution in [1.29, 1.82) is 0 Å². The van der Waals surface area contributed by atoms with Crippen molar-refractivity contribution in [3.63, 3.8) is 0 Å². The number of carbonyl (C=O) groups is 2. The van der Waals surface area contributed by atoms with Crippen LogP contribution in [0, 0.1) is 5.92 Å². The highest BCUT2D eigenvalue weighted by Gasteiger charge is 2.30. The topological polar surface area (TPSA) is 157 Å². The van der Waals surface area contributed by atoms with Crippen LogP contribution >= 0.6 is 0 Å². The molecular formula is C31H42N8O4. The van der Waals surface area contributed by atoms with Gasteiger partial charge in [-0.15, -0.1) is 0 Å². The number of aromatic nitrogens is 3. The molecule has 12 nitrogen and oxygen atoms in total. The average Bonchev–Trinajstić information content (AvgIpc) is 3.84. The van der Waals surface area contributed by atoms with E-state index >= 15 is 0 Å². The van der Waals surface area contributed by atoms with Crippen LogP contribution in [0.15, 0.2) is 42.9 Å². The van der Waals surface area contributed by atoms with Crippen LogP contribution < -0.4 is 21.7 Å². The van der Waals surface area contributed by atoms with Crippen molar-refractivity contribution in [2.75, 3.05) is 57.2 Å². The summed E-state index contributed by atoms with van der Waals surface area (Å²) in [5.74, 6) is 1.21. The van der Waals surface area contributed by atoms with E-state index in [2.05, 4.69) is 30.9 Å². The van der Waals surface area contributed by atoms with Crippen LogP contribution in [-0.2, 0) is 14.3 Å². The zero-order valence-corrected chi connectivity index (χ0v) is 24.8. The van der Waals surface area contributed by atoms with E-state index in [1.54, 1.807) is 23.5 Å². The van der Waals surface area contributed by atoms with E-state index in [1.807, 2.05) is 31.3 Å². The number of rotatable bonds is 15. The molecule has 2 aliphatic rings. The number of amides is 2. The summed E-state index contributed by atoms with van der Waals surface area (Å²) >= 11 is 0. The Labute approximate surface area is 252 Å². The smallest absolute Gasteiger partial charge is 0.255 e. The normalized spacial score (nSPS) is 18.3. The number of anilines is 3. The zero-order valence-electron chi connectivity index (χ0n) is 24.8. The Morgan fingerprint density at radius 1 is 0.953 bits per heavy atom. The summed E-state index contributed by atoms with van der Waals surface area (Å²) in [6, 6.07) is 7.95. The number of fused-ring (bicyclic) bond motifs is 1. The molecule has 0 saturated heterocycles. The maximum Gasteiger partial charge on any atom is 0.255 e. The first-order valence-electron chi connectivity index (χ1n) is 15.2. The lowest BCUT2D eigenvalue weighted by Crippen LogP contribution is -2.42. The second-order valence-electron chi connectivity index (χ2n) is 11.2. The Kier molecular flexibility index (Phi) is 10.7. The first-order chi connectivity index (χ1) is 21.0. The van der Waals surface area contributed by atoms with Gasteiger partial charge in [0.15, 0.2) is 0 Å². The summed E-state index contributed by atoms with van der Waals surface area (Å²) in [5, 5.41) is 10.9. The van der Waals surface area contributed by atoms with E-state index < -0.39 is 0 Å². The number of nitrogens with zero attached hydrogens (tertiary/aromatic N) is 4. The van der Waals surface area contributed by atoms with Crippen LogP contribution in [0.25, 0.3) is 10.9 Å². The van der Waals surface area contributed by atoms with Crippen molar-refractivity contribution in [2.24, 2.45) is 11.7 Å². The lowest BCUT2D eigenvalue weighted by atomic mass is 9.85. The molecule has 0 aliphatic heterocycles. The van der Waals surface area contributed by atoms with Crippen LogP contribution in [-0.4, -0.2) is 90.3 Å². The molecule has 0 atom stereocenters. The molecule has 5 rings (SSSR count). The Hall–Kier alpha value is -3.87. The molecule has 2 saturated carbocycles. The van der Waals surface area contributed by atoms with E-state index in [0.29, 0.717) is 62.8 Å². The maximum absolute atomic E-state index is 13.4. The molecule has 3 aromatic rings. The van der Waals surface area contributed by atoms with E-state index in [-0.39, 0.29) is 23.8 Å². The third-order valence-corrected chi connectivity index (χ3v) is 7.82. The minimum Gasteiger partial charge on any atom is -0.382 e. The number of hydrogen-bond acceptors (Lipinski definition) is 10.